The largest absolute Gasteiger partial charge is 0.451 e. The van der Waals surface area contributed by atoms with Gasteiger partial charge in [-0.25, -0.2) is 9.97 Å². The van der Waals surface area contributed by atoms with Gasteiger partial charge in [0.15, 0.2) is 17.2 Å². The van der Waals surface area contributed by atoms with Crippen molar-refractivity contribution in [2.75, 3.05) is 71.0 Å². The van der Waals surface area contributed by atoms with Gasteiger partial charge < -0.3 is 29.7 Å². The maximum Gasteiger partial charge on any atom is 0.196 e. The third-order valence-corrected chi connectivity index (χ3v) is 9.27. The van der Waals surface area contributed by atoms with Crippen molar-refractivity contribution in [3.8, 4) is 11.4 Å². The number of H-pyrrole nitrogens is 1. The first-order valence-electron chi connectivity index (χ1n) is 14.7. The van der Waals surface area contributed by atoms with Crippen molar-refractivity contribution < 1.29 is 9.15 Å². The van der Waals surface area contributed by atoms with Gasteiger partial charge >= 0.3 is 0 Å². The first-order chi connectivity index (χ1) is 20.0. The molecule has 0 aliphatic carbocycles. The van der Waals surface area contributed by atoms with E-state index in [0.29, 0.717) is 35.5 Å². The van der Waals surface area contributed by atoms with E-state index >= 15 is 0 Å². The molecule has 0 atom stereocenters. The van der Waals surface area contributed by atoms with Crippen LogP contribution in [0.2, 0.25) is 0 Å². The molecule has 6 heterocycles. The number of hydrogen-bond acceptors (Lipinski definition) is 8. The highest BCUT2D eigenvalue weighted by Gasteiger charge is 2.39. The highest BCUT2D eigenvalue weighted by Crippen LogP contribution is 2.40. The number of nitrogens with zero attached hydrogens (tertiary/aromatic N) is 5. The number of furan rings is 1. The molecule has 41 heavy (non-hydrogen) atoms. The Morgan fingerprint density at radius 1 is 1.10 bits per heavy atom. The van der Waals surface area contributed by atoms with E-state index in [9.17, 15) is 0 Å². The standard InChI is InChI=1S/C32H39N7O2/c1-22-26(18-23(19-33)20-38-12-8-32(9-13-38)7-11-37(2)21-32)28-29(41-22)31(39-14-16-40-17-15-39)36-30(35-28)25-4-3-5-27-24(25)6-10-34-27/h3-6,10,18-19,34H,1,7-9,11-17,20-21,33H2,2H3/b23-19+,26-18+. The van der Waals surface area contributed by atoms with Gasteiger partial charge in [0, 0.05) is 54.1 Å². The zero-order chi connectivity index (χ0) is 28.0. The Balaban J connectivity index is 1.27. The summed E-state index contributed by atoms with van der Waals surface area (Å²) in [5, 5.41) is 1.95. The summed E-state index contributed by atoms with van der Waals surface area (Å²) in [5.74, 6) is 1.45. The fourth-order valence-corrected chi connectivity index (χ4v) is 6.91. The molecule has 1 spiro atoms. The van der Waals surface area contributed by atoms with Crippen molar-refractivity contribution in [3.05, 3.63) is 52.9 Å². The zero-order valence-electron chi connectivity index (χ0n) is 23.9. The number of aromatic amines is 1. The minimum atomic E-state index is 0.494. The van der Waals surface area contributed by atoms with Crippen LogP contribution in [0.25, 0.3) is 46.0 Å². The Kier molecular flexibility index (Phi) is 6.81. The Morgan fingerprint density at radius 3 is 2.66 bits per heavy atom. The third-order valence-electron chi connectivity index (χ3n) is 9.27. The van der Waals surface area contributed by atoms with Gasteiger partial charge in [0.2, 0.25) is 0 Å². The summed E-state index contributed by atoms with van der Waals surface area (Å²) in [4.78, 5) is 20.7. The Bertz CT molecular complexity index is 1710. The van der Waals surface area contributed by atoms with Crippen molar-refractivity contribution in [1.82, 2.24) is 24.8 Å². The molecule has 9 nitrogen and oxygen atoms in total. The van der Waals surface area contributed by atoms with Gasteiger partial charge in [-0.1, -0.05) is 18.7 Å². The first kappa shape index (κ1) is 26.3. The van der Waals surface area contributed by atoms with E-state index in [2.05, 4.69) is 57.6 Å². The van der Waals surface area contributed by atoms with Gasteiger partial charge in [-0.2, -0.15) is 0 Å². The minimum Gasteiger partial charge on any atom is -0.451 e. The van der Waals surface area contributed by atoms with Crippen molar-refractivity contribution in [1.29, 1.82) is 0 Å². The number of hydrogen-bond donors (Lipinski definition) is 2. The fourth-order valence-electron chi connectivity index (χ4n) is 6.91. The molecule has 3 fully saturated rings. The normalized spacial score (nSPS) is 21.1. The Labute approximate surface area is 240 Å². The molecule has 4 aromatic rings. The minimum absolute atomic E-state index is 0.494. The molecule has 0 radical (unpaired) electrons. The quantitative estimate of drug-likeness (QED) is 0.389. The van der Waals surface area contributed by atoms with Crippen LogP contribution in [-0.4, -0.2) is 90.8 Å². The number of rotatable bonds is 5. The van der Waals surface area contributed by atoms with E-state index < -0.39 is 0 Å². The average Bonchev–Trinajstić information content (AvgIpc) is 3.71. The molecular weight excluding hydrogens is 514 g/mol. The van der Waals surface area contributed by atoms with E-state index in [0.717, 1.165) is 71.3 Å². The summed E-state index contributed by atoms with van der Waals surface area (Å²) < 4.78 is 11.9. The molecule has 9 heteroatoms. The lowest BCUT2D eigenvalue weighted by Crippen LogP contribution is -2.42. The van der Waals surface area contributed by atoms with Crippen molar-refractivity contribution in [2.45, 2.75) is 19.3 Å². The molecule has 1 aromatic carbocycles. The predicted molar refractivity (Wildman–Crippen MR) is 164 cm³/mol. The smallest absolute Gasteiger partial charge is 0.196 e. The molecule has 3 N–H and O–H groups in total. The molecule has 0 amide bonds. The molecular formula is C32H39N7O2. The average molecular weight is 554 g/mol. The predicted octanol–water partition coefficient (Wildman–Crippen LogP) is 2.66. The molecule has 0 unspecified atom stereocenters. The number of likely N-dealkylation sites (tertiary alicyclic amines) is 2. The SMILES string of the molecule is C=c1oc2c(N3CCOCC3)nc(-c3cccc4[nH]ccc34)nc2/c1=C/C(=C\N)CN1CCC2(CCN(C)C2)CC1. The maximum atomic E-state index is 6.31. The zero-order valence-corrected chi connectivity index (χ0v) is 23.9. The number of morpholine rings is 1. The molecule has 0 saturated carbocycles. The Hall–Kier alpha value is -3.66. The van der Waals surface area contributed by atoms with Gasteiger partial charge in [0.25, 0.3) is 0 Å². The van der Waals surface area contributed by atoms with Gasteiger partial charge in [-0.15, -0.1) is 0 Å². The second-order valence-electron chi connectivity index (χ2n) is 12.0. The summed E-state index contributed by atoms with van der Waals surface area (Å²) >= 11 is 0. The van der Waals surface area contributed by atoms with Crippen LogP contribution < -0.4 is 21.3 Å². The van der Waals surface area contributed by atoms with Crippen LogP contribution in [0, 0.1) is 5.41 Å². The van der Waals surface area contributed by atoms with E-state index in [1.54, 1.807) is 6.20 Å². The number of nitrogens with two attached hydrogens (primary N) is 1. The van der Waals surface area contributed by atoms with Crippen LogP contribution in [0.1, 0.15) is 19.3 Å². The van der Waals surface area contributed by atoms with Crippen LogP contribution in [0.15, 0.2) is 46.7 Å². The number of ether oxygens (including phenoxy) is 1. The lowest BCUT2D eigenvalue weighted by Gasteiger charge is -2.39. The monoisotopic (exact) mass is 553 g/mol. The number of fused-ring (bicyclic) bond motifs is 2. The van der Waals surface area contributed by atoms with E-state index in [-0.39, 0.29) is 0 Å². The van der Waals surface area contributed by atoms with Crippen molar-refractivity contribution in [3.63, 3.8) is 0 Å². The van der Waals surface area contributed by atoms with Gasteiger partial charge in [-0.05, 0) is 81.3 Å². The fraction of sp³-hybridized carbons (Fsp3) is 0.438. The van der Waals surface area contributed by atoms with Crippen LogP contribution in [0.5, 0.6) is 0 Å². The summed E-state index contributed by atoms with van der Waals surface area (Å²) in [6.45, 7) is 12.5. The number of piperidine rings is 1. The number of aromatic nitrogens is 3. The molecule has 214 valence electrons. The van der Waals surface area contributed by atoms with Gasteiger partial charge in [0.05, 0.1) is 13.2 Å². The number of nitrogens with one attached hydrogen (secondary N) is 1. The second-order valence-corrected chi connectivity index (χ2v) is 12.0. The second kappa shape index (κ2) is 10.6. The summed E-state index contributed by atoms with van der Waals surface area (Å²) in [5.41, 5.74) is 11.8. The molecule has 7 rings (SSSR count). The third kappa shape index (κ3) is 4.92. The summed E-state index contributed by atoms with van der Waals surface area (Å²) in [6, 6.07) is 8.25. The van der Waals surface area contributed by atoms with Gasteiger partial charge in [-0.3, -0.25) is 4.90 Å². The summed E-state index contributed by atoms with van der Waals surface area (Å²) in [7, 11) is 2.25. The highest BCUT2D eigenvalue weighted by atomic mass is 16.5. The lowest BCUT2D eigenvalue weighted by molar-refractivity contribution is 0.118. The van der Waals surface area contributed by atoms with E-state index in [4.69, 9.17) is 24.9 Å². The van der Waals surface area contributed by atoms with E-state index in [1.807, 2.05) is 12.3 Å². The molecule has 3 aliphatic heterocycles. The van der Waals surface area contributed by atoms with Crippen molar-refractivity contribution in [2.24, 2.45) is 11.1 Å². The van der Waals surface area contributed by atoms with Gasteiger partial charge in [0.1, 0.15) is 10.9 Å². The topological polar surface area (TPSA) is 99.7 Å². The summed E-state index contributed by atoms with van der Waals surface area (Å²) in [6.07, 6.45) is 9.59. The molecule has 3 saturated heterocycles. The van der Waals surface area contributed by atoms with Crippen LogP contribution in [0.3, 0.4) is 0 Å². The van der Waals surface area contributed by atoms with Crippen molar-refractivity contribution >= 4 is 40.5 Å². The van der Waals surface area contributed by atoms with Crippen LogP contribution in [0.4, 0.5) is 5.82 Å². The number of anilines is 1. The van der Waals surface area contributed by atoms with Crippen LogP contribution in [-0.2, 0) is 4.74 Å². The van der Waals surface area contributed by atoms with E-state index in [1.165, 1.54) is 32.4 Å². The first-order valence-corrected chi connectivity index (χ1v) is 14.7. The highest BCUT2D eigenvalue weighted by molar-refractivity contribution is 5.95. The molecule has 3 aromatic heterocycles. The molecule has 0 bridgehead atoms. The number of benzene rings is 1. The molecule has 3 aliphatic rings. The maximum absolute atomic E-state index is 6.31. The lowest BCUT2D eigenvalue weighted by atomic mass is 9.77. The van der Waals surface area contributed by atoms with Crippen LogP contribution >= 0.6 is 0 Å². The Morgan fingerprint density at radius 2 is 1.90 bits per heavy atom.